The smallest absolute Gasteiger partial charge is 0.187 e. The molecule has 7 heteroatoms. The molecule has 29 heavy (non-hydrogen) atoms. The molecule has 0 aliphatic carbocycles. The number of halogens is 1. The second-order valence-electron chi connectivity index (χ2n) is 7.48. The SMILES string of the molecule is Cc1ccc2nnc(-c3ccc4cccc(O[C@@H]5CCNCC[C@H]5F)c4n3)n2c1. The van der Waals surface area contributed by atoms with Crippen molar-refractivity contribution in [3.05, 3.63) is 54.2 Å². The third-order valence-electron chi connectivity index (χ3n) is 5.35. The molecule has 0 radical (unpaired) electrons. The summed E-state index contributed by atoms with van der Waals surface area (Å²) in [7, 11) is 0. The summed E-state index contributed by atoms with van der Waals surface area (Å²) in [4.78, 5) is 4.82. The minimum atomic E-state index is -0.994. The fourth-order valence-corrected chi connectivity index (χ4v) is 3.78. The zero-order valence-electron chi connectivity index (χ0n) is 16.2. The number of aryl methyl sites for hydroxylation is 1. The van der Waals surface area contributed by atoms with Gasteiger partial charge < -0.3 is 10.1 Å². The zero-order valence-corrected chi connectivity index (χ0v) is 16.2. The maximum atomic E-state index is 14.5. The Bertz CT molecular complexity index is 1170. The highest BCUT2D eigenvalue weighted by Crippen LogP contribution is 2.29. The average Bonchev–Trinajstić information content (AvgIpc) is 3.04. The highest BCUT2D eigenvalue weighted by molar-refractivity contribution is 5.86. The number of para-hydroxylation sites is 1. The maximum absolute atomic E-state index is 14.5. The molecule has 0 bridgehead atoms. The van der Waals surface area contributed by atoms with Gasteiger partial charge in [0.05, 0.1) is 0 Å². The third-order valence-corrected chi connectivity index (χ3v) is 5.35. The van der Waals surface area contributed by atoms with Crippen molar-refractivity contribution >= 4 is 16.6 Å². The van der Waals surface area contributed by atoms with Crippen LogP contribution in [0.25, 0.3) is 28.1 Å². The molecule has 1 saturated heterocycles. The van der Waals surface area contributed by atoms with E-state index in [1.165, 1.54) is 0 Å². The lowest BCUT2D eigenvalue weighted by Gasteiger charge is -2.21. The maximum Gasteiger partial charge on any atom is 0.187 e. The van der Waals surface area contributed by atoms with E-state index in [9.17, 15) is 4.39 Å². The number of hydrogen-bond acceptors (Lipinski definition) is 5. The number of hydrogen-bond donors (Lipinski definition) is 1. The standard InChI is InChI=1S/C22H22FN5O/c1-14-5-8-20-26-27-22(28(20)13-14)17-7-6-15-3-2-4-19(21(15)25-17)29-18-10-12-24-11-9-16(18)23/h2-8,13,16,18,24H,9-12H2,1H3/t16-,18-/m1/s1. The van der Waals surface area contributed by atoms with Crippen molar-refractivity contribution in [1.82, 2.24) is 24.9 Å². The highest BCUT2D eigenvalue weighted by atomic mass is 19.1. The van der Waals surface area contributed by atoms with Gasteiger partial charge in [-0.05, 0) is 56.6 Å². The number of nitrogens with zero attached hydrogens (tertiary/aromatic N) is 4. The van der Waals surface area contributed by atoms with Gasteiger partial charge in [0.15, 0.2) is 11.5 Å². The van der Waals surface area contributed by atoms with E-state index >= 15 is 0 Å². The van der Waals surface area contributed by atoms with Gasteiger partial charge >= 0.3 is 0 Å². The van der Waals surface area contributed by atoms with E-state index in [0.717, 1.165) is 23.1 Å². The van der Waals surface area contributed by atoms with Gasteiger partial charge in [-0.3, -0.25) is 4.40 Å². The van der Waals surface area contributed by atoms with Gasteiger partial charge in [0, 0.05) is 11.6 Å². The van der Waals surface area contributed by atoms with Gasteiger partial charge in [-0.2, -0.15) is 0 Å². The van der Waals surface area contributed by atoms with Crippen molar-refractivity contribution in [1.29, 1.82) is 0 Å². The quantitative estimate of drug-likeness (QED) is 0.577. The number of benzene rings is 1. The highest BCUT2D eigenvalue weighted by Gasteiger charge is 2.25. The lowest BCUT2D eigenvalue weighted by Crippen LogP contribution is -2.28. The summed E-state index contributed by atoms with van der Waals surface area (Å²) in [6.45, 7) is 3.45. The fraction of sp³-hybridized carbons (Fsp3) is 0.318. The fourth-order valence-electron chi connectivity index (χ4n) is 3.78. The molecule has 2 atom stereocenters. The van der Waals surface area contributed by atoms with Crippen molar-refractivity contribution in [3.63, 3.8) is 0 Å². The van der Waals surface area contributed by atoms with Crippen molar-refractivity contribution in [2.45, 2.75) is 32.0 Å². The van der Waals surface area contributed by atoms with Crippen molar-refractivity contribution in [2.75, 3.05) is 13.1 Å². The van der Waals surface area contributed by atoms with E-state index in [-0.39, 0.29) is 0 Å². The van der Waals surface area contributed by atoms with Crippen LogP contribution in [0.4, 0.5) is 4.39 Å². The van der Waals surface area contributed by atoms with Gasteiger partial charge in [-0.1, -0.05) is 24.3 Å². The molecule has 1 aliphatic rings. The molecule has 3 aromatic heterocycles. The molecule has 0 spiro atoms. The van der Waals surface area contributed by atoms with E-state index in [1.807, 2.05) is 60.0 Å². The number of aromatic nitrogens is 4. The molecule has 4 heterocycles. The van der Waals surface area contributed by atoms with Crippen LogP contribution < -0.4 is 10.1 Å². The Kier molecular flexibility index (Phi) is 4.60. The van der Waals surface area contributed by atoms with E-state index in [0.29, 0.717) is 42.2 Å². The van der Waals surface area contributed by atoms with Crippen molar-refractivity contribution in [2.24, 2.45) is 0 Å². The summed E-state index contributed by atoms with van der Waals surface area (Å²) in [5.41, 5.74) is 3.28. The topological polar surface area (TPSA) is 64.3 Å². The summed E-state index contributed by atoms with van der Waals surface area (Å²) in [5, 5.41) is 12.7. The van der Waals surface area contributed by atoms with Gasteiger partial charge in [0.2, 0.25) is 0 Å². The molecule has 0 unspecified atom stereocenters. The Morgan fingerprint density at radius 2 is 1.97 bits per heavy atom. The third kappa shape index (κ3) is 3.42. The molecule has 6 nitrogen and oxygen atoms in total. The first-order valence-electron chi connectivity index (χ1n) is 9.92. The van der Waals surface area contributed by atoms with Crippen LogP contribution in [0.2, 0.25) is 0 Å². The second kappa shape index (κ2) is 7.40. The molecule has 5 rings (SSSR count). The summed E-state index contributed by atoms with van der Waals surface area (Å²) in [5.74, 6) is 1.27. The minimum absolute atomic E-state index is 0.458. The molecule has 1 N–H and O–H groups in total. The summed E-state index contributed by atoms with van der Waals surface area (Å²) in [6.07, 6.45) is 1.61. The molecule has 1 aromatic carbocycles. The van der Waals surface area contributed by atoms with Crippen LogP contribution in [0, 0.1) is 6.92 Å². The van der Waals surface area contributed by atoms with Crippen LogP contribution in [-0.4, -0.2) is 44.9 Å². The molecular formula is C22H22FN5O. The Morgan fingerprint density at radius 3 is 2.90 bits per heavy atom. The Hall–Kier alpha value is -3.06. The predicted molar refractivity (Wildman–Crippen MR) is 110 cm³/mol. The normalized spacial score (nSPS) is 20.1. The van der Waals surface area contributed by atoms with Crippen LogP contribution in [0.3, 0.4) is 0 Å². The van der Waals surface area contributed by atoms with Crippen LogP contribution >= 0.6 is 0 Å². The van der Waals surface area contributed by atoms with Crippen LogP contribution in [0.1, 0.15) is 18.4 Å². The lowest BCUT2D eigenvalue weighted by atomic mass is 10.1. The number of nitrogens with one attached hydrogen (secondary N) is 1. The number of rotatable bonds is 3. The molecule has 1 aliphatic heterocycles. The summed E-state index contributed by atoms with van der Waals surface area (Å²) in [6, 6.07) is 13.6. The number of alkyl halides is 1. The molecule has 0 amide bonds. The summed E-state index contributed by atoms with van der Waals surface area (Å²) >= 11 is 0. The monoisotopic (exact) mass is 391 g/mol. The molecule has 0 saturated carbocycles. The average molecular weight is 391 g/mol. The van der Waals surface area contributed by atoms with Gasteiger partial charge in [-0.15, -0.1) is 10.2 Å². The van der Waals surface area contributed by atoms with E-state index in [4.69, 9.17) is 9.72 Å². The second-order valence-corrected chi connectivity index (χ2v) is 7.48. The van der Waals surface area contributed by atoms with E-state index in [1.54, 1.807) is 0 Å². The van der Waals surface area contributed by atoms with Crippen LogP contribution in [0.15, 0.2) is 48.7 Å². The largest absolute Gasteiger partial charge is 0.485 e. The predicted octanol–water partition coefficient (Wildman–Crippen LogP) is 3.72. The van der Waals surface area contributed by atoms with E-state index < -0.39 is 12.3 Å². The van der Waals surface area contributed by atoms with Crippen molar-refractivity contribution < 1.29 is 9.13 Å². The first-order chi connectivity index (χ1) is 14.2. The van der Waals surface area contributed by atoms with Gasteiger partial charge in [0.1, 0.15) is 29.2 Å². The molecule has 148 valence electrons. The first-order valence-corrected chi connectivity index (χ1v) is 9.92. The summed E-state index contributed by atoms with van der Waals surface area (Å²) < 4.78 is 22.6. The Labute approximate surface area is 167 Å². The number of pyridine rings is 2. The van der Waals surface area contributed by atoms with E-state index in [2.05, 4.69) is 15.5 Å². The van der Waals surface area contributed by atoms with Crippen LogP contribution in [-0.2, 0) is 0 Å². The van der Waals surface area contributed by atoms with Gasteiger partial charge in [0.25, 0.3) is 0 Å². The molecule has 4 aromatic rings. The Morgan fingerprint density at radius 1 is 1.07 bits per heavy atom. The number of fused-ring (bicyclic) bond motifs is 2. The van der Waals surface area contributed by atoms with Crippen molar-refractivity contribution in [3.8, 4) is 17.3 Å². The Balaban J connectivity index is 1.57. The molecule has 1 fully saturated rings. The lowest BCUT2D eigenvalue weighted by molar-refractivity contribution is 0.0983. The number of ether oxygens (including phenoxy) is 1. The minimum Gasteiger partial charge on any atom is -0.485 e. The zero-order chi connectivity index (χ0) is 19.8. The van der Waals surface area contributed by atoms with Gasteiger partial charge in [-0.25, -0.2) is 9.37 Å². The molecular weight excluding hydrogens is 369 g/mol. The first kappa shape index (κ1) is 18.0. The van der Waals surface area contributed by atoms with Crippen LogP contribution in [0.5, 0.6) is 5.75 Å².